The molecule has 0 aliphatic heterocycles. The largest absolute Gasteiger partial charge is 0.370 e. The van der Waals surface area contributed by atoms with Gasteiger partial charge in [-0.25, -0.2) is 0 Å². The summed E-state index contributed by atoms with van der Waals surface area (Å²) in [6.07, 6.45) is 3.04. The minimum absolute atomic E-state index is 0.146. The second kappa shape index (κ2) is 6.35. The number of para-hydroxylation sites is 1. The Kier molecular flexibility index (Phi) is 4.10. The summed E-state index contributed by atoms with van der Waals surface area (Å²) in [5.41, 5.74) is 14.6. The molecule has 22 heavy (non-hydrogen) atoms. The third kappa shape index (κ3) is 3.11. The van der Waals surface area contributed by atoms with E-state index in [1.165, 1.54) is 22.0 Å². The Hall–Kier alpha value is -2.75. The Labute approximate surface area is 130 Å². The summed E-state index contributed by atoms with van der Waals surface area (Å²) < 4.78 is 2.29. The number of aliphatic imine (C=N–C) groups is 1. The molecule has 0 saturated carbocycles. The minimum atomic E-state index is 0.146. The number of hydrogen-bond acceptors (Lipinski definition) is 1. The summed E-state index contributed by atoms with van der Waals surface area (Å²) in [4.78, 5) is 4.08. The lowest BCUT2D eigenvalue weighted by atomic mass is 10.1. The number of aromatic nitrogens is 1. The van der Waals surface area contributed by atoms with Crippen molar-refractivity contribution >= 4 is 16.9 Å². The summed E-state index contributed by atoms with van der Waals surface area (Å²) in [6.45, 7) is 1.48. The summed E-state index contributed by atoms with van der Waals surface area (Å²) in [6, 6.07) is 18.9. The van der Waals surface area contributed by atoms with Crippen molar-refractivity contribution < 1.29 is 0 Å². The van der Waals surface area contributed by atoms with Gasteiger partial charge in [-0.2, -0.15) is 0 Å². The van der Waals surface area contributed by atoms with Crippen LogP contribution in [0.1, 0.15) is 11.1 Å². The van der Waals surface area contributed by atoms with Crippen LogP contribution in [0.5, 0.6) is 0 Å². The van der Waals surface area contributed by atoms with Crippen LogP contribution >= 0.6 is 0 Å². The SMILES string of the molecule is NC(N)=NCCc1cn(Cc2ccccc2)c2ccccc12. The molecule has 1 aromatic heterocycles. The summed E-state index contributed by atoms with van der Waals surface area (Å²) in [7, 11) is 0. The van der Waals surface area contributed by atoms with Gasteiger partial charge in [0.2, 0.25) is 0 Å². The highest BCUT2D eigenvalue weighted by atomic mass is 15.0. The highest BCUT2D eigenvalue weighted by Crippen LogP contribution is 2.23. The number of guanidine groups is 1. The second-order valence-corrected chi connectivity index (χ2v) is 5.34. The molecule has 0 aliphatic carbocycles. The maximum atomic E-state index is 5.40. The molecule has 0 saturated heterocycles. The first-order valence-corrected chi connectivity index (χ1v) is 7.40. The lowest BCUT2D eigenvalue weighted by Gasteiger charge is -2.05. The average Bonchev–Trinajstić information content (AvgIpc) is 2.86. The molecule has 0 unspecified atom stereocenters. The van der Waals surface area contributed by atoms with Crippen LogP contribution in [-0.2, 0) is 13.0 Å². The molecule has 0 aliphatic rings. The number of rotatable bonds is 5. The fourth-order valence-electron chi connectivity index (χ4n) is 2.74. The van der Waals surface area contributed by atoms with Gasteiger partial charge in [-0.05, 0) is 23.6 Å². The van der Waals surface area contributed by atoms with Crippen LogP contribution < -0.4 is 11.5 Å². The second-order valence-electron chi connectivity index (χ2n) is 5.34. The van der Waals surface area contributed by atoms with Crippen molar-refractivity contribution in [3.8, 4) is 0 Å². The zero-order valence-corrected chi connectivity index (χ0v) is 12.4. The average molecular weight is 292 g/mol. The summed E-state index contributed by atoms with van der Waals surface area (Å²) in [5, 5.41) is 1.27. The van der Waals surface area contributed by atoms with E-state index >= 15 is 0 Å². The number of fused-ring (bicyclic) bond motifs is 1. The number of hydrogen-bond donors (Lipinski definition) is 2. The van der Waals surface area contributed by atoms with Crippen molar-refractivity contribution in [1.29, 1.82) is 0 Å². The van der Waals surface area contributed by atoms with Gasteiger partial charge in [0, 0.05) is 30.2 Å². The van der Waals surface area contributed by atoms with E-state index in [0.29, 0.717) is 6.54 Å². The standard InChI is InChI=1S/C18H20N4/c19-18(20)21-11-10-15-13-22(12-14-6-2-1-3-7-14)17-9-5-4-8-16(15)17/h1-9,13H,10-12H2,(H4,19,20,21). The first kappa shape index (κ1) is 14.2. The fourth-order valence-corrected chi connectivity index (χ4v) is 2.74. The van der Waals surface area contributed by atoms with E-state index in [-0.39, 0.29) is 5.96 Å². The minimum Gasteiger partial charge on any atom is -0.370 e. The first-order chi connectivity index (χ1) is 10.7. The quantitative estimate of drug-likeness (QED) is 0.560. The van der Waals surface area contributed by atoms with Gasteiger partial charge in [0.1, 0.15) is 0 Å². The molecule has 0 amide bonds. The van der Waals surface area contributed by atoms with Gasteiger partial charge in [0.25, 0.3) is 0 Å². The molecule has 112 valence electrons. The van der Waals surface area contributed by atoms with E-state index < -0.39 is 0 Å². The number of benzene rings is 2. The van der Waals surface area contributed by atoms with E-state index in [0.717, 1.165) is 13.0 Å². The van der Waals surface area contributed by atoms with Crippen LogP contribution in [0.25, 0.3) is 10.9 Å². The van der Waals surface area contributed by atoms with Crippen molar-refractivity contribution in [2.45, 2.75) is 13.0 Å². The smallest absolute Gasteiger partial charge is 0.185 e. The van der Waals surface area contributed by atoms with Gasteiger partial charge >= 0.3 is 0 Å². The fraction of sp³-hybridized carbons (Fsp3) is 0.167. The van der Waals surface area contributed by atoms with Crippen LogP contribution in [-0.4, -0.2) is 17.1 Å². The summed E-state index contributed by atoms with van der Waals surface area (Å²) in [5.74, 6) is 0.146. The van der Waals surface area contributed by atoms with E-state index in [2.05, 4.69) is 64.3 Å². The Balaban J connectivity index is 1.92. The van der Waals surface area contributed by atoms with Gasteiger partial charge in [-0.1, -0.05) is 48.5 Å². The van der Waals surface area contributed by atoms with E-state index in [4.69, 9.17) is 11.5 Å². The third-order valence-corrected chi connectivity index (χ3v) is 3.74. The molecule has 4 nitrogen and oxygen atoms in total. The van der Waals surface area contributed by atoms with Crippen LogP contribution in [0.3, 0.4) is 0 Å². The van der Waals surface area contributed by atoms with E-state index in [9.17, 15) is 0 Å². The highest BCUT2D eigenvalue weighted by molar-refractivity contribution is 5.84. The molecule has 4 heteroatoms. The molecule has 4 N–H and O–H groups in total. The highest BCUT2D eigenvalue weighted by Gasteiger charge is 2.08. The van der Waals surface area contributed by atoms with Crippen LogP contribution in [0.4, 0.5) is 0 Å². The zero-order chi connectivity index (χ0) is 15.4. The molecule has 0 bridgehead atoms. The van der Waals surface area contributed by atoms with Crippen LogP contribution in [0, 0.1) is 0 Å². The van der Waals surface area contributed by atoms with E-state index in [1.54, 1.807) is 0 Å². The van der Waals surface area contributed by atoms with Gasteiger partial charge in [0.05, 0.1) is 0 Å². The Morgan fingerprint density at radius 2 is 1.68 bits per heavy atom. The van der Waals surface area contributed by atoms with Gasteiger partial charge in [0.15, 0.2) is 5.96 Å². The van der Waals surface area contributed by atoms with Crippen LogP contribution in [0.2, 0.25) is 0 Å². The lowest BCUT2D eigenvalue weighted by Crippen LogP contribution is -2.23. The predicted octanol–water partition coefficient (Wildman–Crippen LogP) is 2.51. The molecular formula is C18H20N4. The van der Waals surface area contributed by atoms with Crippen LogP contribution in [0.15, 0.2) is 65.8 Å². The summed E-state index contributed by atoms with van der Waals surface area (Å²) >= 11 is 0. The lowest BCUT2D eigenvalue weighted by molar-refractivity contribution is 0.827. The van der Waals surface area contributed by atoms with E-state index in [1.807, 2.05) is 6.07 Å². The predicted molar refractivity (Wildman–Crippen MR) is 91.9 cm³/mol. The molecule has 0 radical (unpaired) electrons. The maximum Gasteiger partial charge on any atom is 0.185 e. The number of nitrogens with zero attached hydrogens (tertiary/aromatic N) is 2. The maximum absolute atomic E-state index is 5.40. The first-order valence-electron chi connectivity index (χ1n) is 7.40. The molecule has 0 atom stereocenters. The third-order valence-electron chi connectivity index (χ3n) is 3.74. The molecule has 3 aromatic rings. The van der Waals surface area contributed by atoms with Crippen molar-refractivity contribution in [3.05, 3.63) is 71.9 Å². The molecule has 3 rings (SSSR count). The Bertz CT molecular complexity index is 783. The van der Waals surface area contributed by atoms with Gasteiger partial charge < -0.3 is 16.0 Å². The Morgan fingerprint density at radius 3 is 2.45 bits per heavy atom. The molecule has 0 spiro atoms. The van der Waals surface area contributed by atoms with Gasteiger partial charge in [-0.15, -0.1) is 0 Å². The van der Waals surface area contributed by atoms with Crippen molar-refractivity contribution in [3.63, 3.8) is 0 Å². The normalized spacial score (nSPS) is 10.7. The van der Waals surface area contributed by atoms with Crippen molar-refractivity contribution in [1.82, 2.24) is 4.57 Å². The zero-order valence-electron chi connectivity index (χ0n) is 12.4. The topological polar surface area (TPSA) is 69.3 Å². The van der Waals surface area contributed by atoms with Crippen molar-refractivity contribution in [2.75, 3.05) is 6.54 Å². The molecular weight excluding hydrogens is 272 g/mol. The molecule has 1 heterocycles. The monoisotopic (exact) mass is 292 g/mol. The molecule has 0 fully saturated rings. The Morgan fingerprint density at radius 1 is 0.955 bits per heavy atom. The molecule has 2 aromatic carbocycles. The van der Waals surface area contributed by atoms with Gasteiger partial charge in [-0.3, -0.25) is 4.99 Å². The van der Waals surface area contributed by atoms with Crippen molar-refractivity contribution in [2.24, 2.45) is 16.5 Å². The number of nitrogens with two attached hydrogens (primary N) is 2.